The van der Waals surface area contributed by atoms with Gasteiger partial charge < -0.3 is 14.0 Å². The lowest BCUT2D eigenvalue weighted by atomic mass is 10.1. The van der Waals surface area contributed by atoms with Gasteiger partial charge in [0.05, 0.1) is 6.04 Å². The van der Waals surface area contributed by atoms with Gasteiger partial charge in [0.25, 0.3) is 0 Å². The molecular formula is C17H25N5O. The number of imidazole rings is 1. The first-order valence-electron chi connectivity index (χ1n) is 8.21. The van der Waals surface area contributed by atoms with E-state index in [1.807, 2.05) is 53.4 Å². The summed E-state index contributed by atoms with van der Waals surface area (Å²) in [4.78, 5) is 21.2. The molecule has 1 amide bonds. The van der Waals surface area contributed by atoms with Gasteiger partial charge in [-0.1, -0.05) is 0 Å². The van der Waals surface area contributed by atoms with Crippen molar-refractivity contribution in [1.29, 1.82) is 0 Å². The summed E-state index contributed by atoms with van der Waals surface area (Å²) < 4.78 is 4.16. The number of carbonyl (C=O) groups excluding carboxylic acids is 1. The van der Waals surface area contributed by atoms with Crippen LogP contribution in [0.1, 0.15) is 24.7 Å². The summed E-state index contributed by atoms with van der Waals surface area (Å²) in [5, 5.41) is 0. The van der Waals surface area contributed by atoms with Crippen molar-refractivity contribution in [2.75, 3.05) is 26.7 Å². The number of nitrogens with zero attached hydrogens (tertiary/aromatic N) is 5. The molecule has 0 aliphatic carbocycles. The lowest BCUT2D eigenvalue weighted by Gasteiger charge is -2.39. The van der Waals surface area contributed by atoms with Crippen LogP contribution in [0.25, 0.3) is 0 Å². The van der Waals surface area contributed by atoms with E-state index in [2.05, 4.69) is 21.5 Å². The fourth-order valence-electron chi connectivity index (χ4n) is 3.17. The maximum atomic E-state index is 12.5. The Morgan fingerprint density at radius 1 is 1.22 bits per heavy atom. The average molecular weight is 315 g/mol. The van der Waals surface area contributed by atoms with Crippen LogP contribution in [0.3, 0.4) is 0 Å². The molecule has 1 aliphatic rings. The number of rotatable bonds is 5. The topological polar surface area (TPSA) is 46.3 Å². The Balaban J connectivity index is 1.55. The number of carbonyl (C=O) groups is 1. The van der Waals surface area contributed by atoms with Gasteiger partial charge >= 0.3 is 0 Å². The molecule has 6 nitrogen and oxygen atoms in total. The second-order valence-corrected chi connectivity index (χ2v) is 6.26. The fraction of sp³-hybridized carbons (Fsp3) is 0.529. The lowest BCUT2D eigenvalue weighted by molar-refractivity contribution is -0.134. The van der Waals surface area contributed by atoms with E-state index in [-0.39, 0.29) is 11.9 Å². The van der Waals surface area contributed by atoms with Gasteiger partial charge in [-0.25, -0.2) is 4.98 Å². The Bertz CT molecular complexity index is 633. The standard InChI is InChI=1S/C17H25N5O/c1-19-12-13-22(14-15(19)17-18-7-11-20(17)2)16(23)6-5-10-21-8-3-4-9-21/h3-4,7-9,11,15H,5-6,10,12-14H2,1-2H3. The number of hydrogen-bond donors (Lipinski definition) is 0. The normalized spacial score (nSPS) is 19.2. The van der Waals surface area contributed by atoms with Crippen molar-refractivity contribution >= 4 is 5.91 Å². The second-order valence-electron chi connectivity index (χ2n) is 6.26. The van der Waals surface area contributed by atoms with Crippen molar-refractivity contribution < 1.29 is 4.79 Å². The predicted molar refractivity (Wildman–Crippen MR) is 88.8 cm³/mol. The largest absolute Gasteiger partial charge is 0.354 e. The third-order valence-corrected chi connectivity index (χ3v) is 4.63. The van der Waals surface area contributed by atoms with Crippen molar-refractivity contribution in [2.24, 2.45) is 7.05 Å². The first-order valence-corrected chi connectivity index (χ1v) is 8.21. The first kappa shape index (κ1) is 15.8. The van der Waals surface area contributed by atoms with E-state index in [0.29, 0.717) is 6.42 Å². The van der Waals surface area contributed by atoms with E-state index < -0.39 is 0 Å². The van der Waals surface area contributed by atoms with Gasteiger partial charge in [-0.15, -0.1) is 0 Å². The highest BCUT2D eigenvalue weighted by Gasteiger charge is 2.30. The van der Waals surface area contributed by atoms with Gasteiger partial charge in [0, 0.05) is 64.4 Å². The average Bonchev–Trinajstić information content (AvgIpc) is 3.19. The van der Waals surface area contributed by atoms with Crippen LogP contribution in [0, 0.1) is 0 Å². The fourth-order valence-corrected chi connectivity index (χ4v) is 3.17. The Morgan fingerprint density at radius 2 is 2.00 bits per heavy atom. The molecule has 1 saturated heterocycles. The van der Waals surface area contributed by atoms with Crippen LogP contribution < -0.4 is 0 Å². The van der Waals surface area contributed by atoms with Gasteiger partial charge in [-0.3, -0.25) is 9.69 Å². The third kappa shape index (κ3) is 3.64. The quantitative estimate of drug-likeness (QED) is 0.840. The summed E-state index contributed by atoms with van der Waals surface area (Å²) in [6.45, 7) is 3.32. The zero-order valence-electron chi connectivity index (χ0n) is 13.9. The lowest BCUT2D eigenvalue weighted by Crippen LogP contribution is -2.49. The molecular weight excluding hydrogens is 290 g/mol. The number of likely N-dealkylation sites (N-methyl/N-ethyl adjacent to an activating group) is 1. The van der Waals surface area contributed by atoms with E-state index in [4.69, 9.17) is 0 Å². The SMILES string of the molecule is CN1CCN(C(=O)CCCn2cccc2)CC1c1nccn1C. The molecule has 0 bridgehead atoms. The van der Waals surface area contributed by atoms with Gasteiger partial charge in [0.1, 0.15) is 5.82 Å². The minimum absolute atomic E-state index is 0.178. The van der Waals surface area contributed by atoms with Gasteiger partial charge in [-0.05, 0) is 25.6 Å². The number of piperazine rings is 1. The van der Waals surface area contributed by atoms with Gasteiger partial charge in [0.2, 0.25) is 5.91 Å². The second kappa shape index (κ2) is 7.00. The summed E-state index contributed by atoms with van der Waals surface area (Å²) in [5.41, 5.74) is 0. The number of aryl methyl sites for hydroxylation is 2. The Hall–Kier alpha value is -2.08. The minimum Gasteiger partial charge on any atom is -0.354 e. The van der Waals surface area contributed by atoms with Gasteiger partial charge in [-0.2, -0.15) is 0 Å². The van der Waals surface area contributed by atoms with Crippen molar-refractivity contribution in [2.45, 2.75) is 25.4 Å². The van der Waals surface area contributed by atoms with E-state index in [1.54, 1.807) is 0 Å². The van der Waals surface area contributed by atoms with Crippen LogP contribution in [-0.4, -0.2) is 56.5 Å². The van der Waals surface area contributed by atoms with E-state index in [0.717, 1.165) is 38.4 Å². The molecule has 3 rings (SSSR count). The number of amides is 1. The molecule has 2 aromatic heterocycles. The van der Waals surface area contributed by atoms with Crippen LogP contribution in [0.5, 0.6) is 0 Å². The summed E-state index contributed by atoms with van der Waals surface area (Å²) in [6.07, 6.45) is 9.35. The molecule has 23 heavy (non-hydrogen) atoms. The molecule has 0 spiro atoms. The smallest absolute Gasteiger partial charge is 0.222 e. The number of aromatic nitrogens is 3. The summed E-state index contributed by atoms with van der Waals surface area (Å²) in [6, 6.07) is 4.21. The zero-order chi connectivity index (χ0) is 16.2. The van der Waals surface area contributed by atoms with Crippen LogP contribution >= 0.6 is 0 Å². The highest BCUT2D eigenvalue weighted by Crippen LogP contribution is 2.22. The molecule has 0 saturated carbocycles. The van der Waals surface area contributed by atoms with E-state index in [9.17, 15) is 4.79 Å². The van der Waals surface area contributed by atoms with E-state index >= 15 is 0 Å². The van der Waals surface area contributed by atoms with Crippen molar-refractivity contribution in [3.8, 4) is 0 Å². The maximum Gasteiger partial charge on any atom is 0.222 e. The molecule has 0 aromatic carbocycles. The predicted octanol–water partition coefficient (Wildman–Crippen LogP) is 1.52. The molecule has 2 aromatic rings. The molecule has 1 aliphatic heterocycles. The molecule has 0 N–H and O–H groups in total. The van der Waals surface area contributed by atoms with E-state index in [1.165, 1.54) is 0 Å². The number of hydrogen-bond acceptors (Lipinski definition) is 3. The van der Waals surface area contributed by atoms with Crippen molar-refractivity contribution in [3.63, 3.8) is 0 Å². The summed E-state index contributed by atoms with van der Waals surface area (Å²) in [7, 11) is 4.11. The summed E-state index contributed by atoms with van der Waals surface area (Å²) >= 11 is 0. The monoisotopic (exact) mass is 315 g/mol. The molecule has 1 fully saturated rings. The zero-order valence-corrected chi connectivity index (χ0v) is 13.9. The Kier molecular flexibility index (Phi) is 4.81. The maximum absolute atomic E-state index is 12.5. The molecule has 6 heteroatoms. The van der Waals surface area contributed by atoms with Crippen LogP contribution in [0.15, 0.2) is 36.9 Å². The van der Waals surface area contributed by atoms with Crippen LogP contribution in [0.4, 0.5) is 0 Å². The highest BCUT2D eigenvalue weighted by atomic mass is 16.2. The molecule has 1 unspecified atom stereocenters. The van der Waals surface area contributed by atoms with Crippen molar-refractivity contribution in [3.05, 3.63) is 42.7 Å². The van der Waals surface area contributed by atoms with Crippen molar-refractivity contribution in [1.82, 2.24) is 23.9 Å². The highest BCUT2D eigenvalue weighted by molar-refractivity contribution is 5.76. The molecule has 124 valence electrons. The van der Waals surface area contributed by atoms with Crippen LogP contribution in [-0.2, 0) is 18.4 Å². The molecule has 1 atom stereocenters. The molecule has 3 heterocycles. The first-order chi connectivity index (χ1) is 11.1. The Labute approximate surface area is 137 Å². The van der Waals surface area contributed by atoms with Gasteiger partial charge in [0.15, 0.2) is 0 Å². The van der Waals surface area contributed by atoms with Crippen LogP contribution in [0.2, 0.25) is 0 Å². The minimum atomic E-state index is 0.178. The third-order valence-electron chi connectivity index (χ3n) is 4.63. The summed E-state index contributed by atoms with van der Waals surface area (Å²) in [5.74, 6) is 1.28. The Morgan fingerprint density at radius 3 is 2.70 bits per heavy atom. The molecule has 0 radical (unpaired) electrons.